The maximum absolute atomic E-state index is 11.5. The molecule has 1 fully saturated rings. The van der Waals surface area contributed by atoms with Crippen LogP contribution in [0.1, 0.15) is 31.7 Å². The van der Waals surface area contributed by atoms with Crippen LogP contribution < -0.4 is 4.90 Å². The predicted octanol–water partition coefficient (Wildman–Crippen LogP) is 3.36. The van der Waals surface area contributed by atoms with Gasteiger partial charge in [0.05, 0.1) is 16.7 Å². The molecule has 5 heteroatoms. The number of rotatable bonds is 4. The van der Waals surface area contributed by atoms with Gasteiger partial charge in [-0.3, -0.25) is 4.79 Å². The van der Waals surface area contributed by atoms with Crippen LogP contribution in [0.5, 0.6) is 0 Å². The highest BCUT2D eigenvalue weighted by Gasteiger charge is 2.40. The second-order valence-electron chi connectivity index (χ2n) is 5.39. The van der Waals surface area contributed by atoms with Gasteiger partial charge in [0.1, 0.15) is 6.07 Å². The minimum Gasteiger partial charge on any atom is -0.481 e. The van der Waals surface area contributed by atoms with Crippen LogP contribution in [0.15, 0.2) is 23.1 Å². The molecule has 1 N–H and O–H groups in total. The van der Waals surface area contributed by atoms with Crippen molar-refractivity contribution in [2.75, 3.05) is 24.2 Å². The fraction of sp³-hybridized carbons (Fsp3) is 0.500. The molecule has 21 heavy (non-hydrogen) atoms. The number of anilines is 1. The summed E-state index contributed by atoms with van der Waals surface area (Å²) < 4.78 is 0. The molecule has 0 atom stereocenters. The van der Waals surface area contributed by atoms with E-state index in [-0.39, 0.29) is 0 Å². The standard InChI is InChI=1S/C16H20N2O2S/c1-3-16(15(19)20)7-9-18(10-8-16)13-5-4-6-14(21-2)12(13)11-17/h4-6H,3,7-10H2,1-2H3,(H,19,20). The van der Waals surface area contributed by atoms with Gasteiger partial charge in [-0.2, -0.15) is 5.26 Å². The van der Waals surface area contributed by atoms with E-state index in [0.717, 1.165) is 10.6 Å². The lowest BCUT2D eigenvalue weighted by Crippen LogP contribution is -2.44. The number of hydrogen-bond donors (Lipinski definition) is 1. The summed E-state index contributed by atoms with van der Waals surface area (Å²) in [6.07, 6.45) is 3.88. The lowest BCUT2D eigenvalue weighted by molar-refractivity contribution is -0.150. The van der Waals surface area contributed by atoms with Crippen LogP contribution in [0, 0.1) is 16.7 Å². The number of aliphatic carboxylic acids is 1. The second-order valence-corrected chi connectivity index (χ2v) is 6.24. The first kappa shape index (κ1) is 15.7. The smallest absolute Gasteiger partial charge is 0.309 e. The highest BCUT2D eigenvalue weighted by Crippen LogP contribution is 2.38. The maximum Gasteiger partial charge on any atom is 0.309 e. The van der Waals surface area contributed by atoms with Crippen molar-refractivity contribution in [3.63, 3.8) is 0 Å². The first-order valence-electron chi connectivity index (χ1n) is 7.13. The molecule has 0 radical (unpaired) electrons. The van der Waals surface area contributed by atoms with E-state index in [1.807, 2.05) is 31.4 Å². The van der Waals surface area contributed by atoms with Gasteiger partial charge in [-0.1, -0.05) is 13.0 Å². The average Bonchev–Trinajstić information content (AvgIpc) is 2.53. The van der Waals surface area contributed by atoms with Gasteiger partial charge in [-0.25, -0.2) is 0 Å². The summed E-state index contributed by atoms with van der Waals surface area (Å²) in [6.45, 7) is 3.32. The number of benzene rings is 1. The molecule has 1 heterocycles. The van der Waals surface area contributed by atoms with E-state index in [0.29, 0.717) is 37.9 Å². The number of hydrogen-bond acceptors (Lipinski definition) is 4. The molecule has 0 unspecified atom stereocenters. The molecular weight excluding hydrogens is 284 g/mol. The Morgan fingerprint density at radius 1 is 1.48 bits per heavy atom. The summed E-state index contributed by atoms with van der Waals surface area (Å²) in [4.78, 5) is 14.6. The van der Waals surface area contributed by atoms with E-state index >= 15 is 0 Å². The monoisotopic (exact) mass is 304 g/mol. The zero-order valence-corrected chi connectivity index (χ0v) is 13.2. The van der Waals surface area contributed by atoms with Gasteiger partial charge >= 0.3 is 5.97 Å². The van der Waals surface area contributed by atoms with Crippen LogP contribution in [-0.2, 0) is 4.79 Å². The van der Waals surface area contributed by atoms with E-state index < -0.39 is 11.4 Å². The molecule has 0 amide bonds. The topological polar surface area (TPSA) is 64.3 Å². The van der Waals surface area contributed by atoms with Crippen LogP contribution in [-0.4, -0.2) is 30.4 Å². The fourth-order valence-corrected chi connectivity index (χ4v) is 3.53. The third kappa shape index (κ3) is 2.86. The van der Waals surface area contributed by atoms with Gasteiger partial charge in [0.2, 0.25) is 0 Å². The Kier molecular flexibility index (Phi) is 4.79. The number of nitrogens with zero attached hydrogens (tertiary/aromatic N) is 2. The van der Waals surface area contributed by atoms with Crippen molar-refractivity contribution in [2.45, 2.75) is 31.1 Å². The number of nitriles is 1. The molecule has 1 aromatic rings. The first-order valence-corrected chi connectivity index (χ1v) is 8.36. The van der Waals surface area contributed by atoms with Crippen LogP contribution in [0.4, 0.5) is 5.69 Å². The Balaban J connectivity index is 2.24. The fourth-order valence-electron chi connectivity index (χ4n) is 2.96. The highest BCUT2D eigenvalue weighted by molar-refractivity contribution is 7.98. The number of carboxylic acid groups (broad SMARTS) is 1. The van der Waals surface area contributed by atoms with E-state index in [1.54, 1.807) is 11.8 Å². The van der Waals surface area contributed by atoms with Crippen LogP contribution >= 0.6 is 11.8 Å². The third-order valence-electron chi connectivity index (χ3n) is 4.53. The molecule has 112 valence electrons. The molecule has 1 aliphatic rings. The van der Waals surface area contributed by atoms with Crippen LogP contribution in [0.3, 0.4) is 0 Å². The Morgan fingerprint density at radius 3 is 2.62 bits per heavy atom. The van der Waals surface area contributed by atoms with E-state index in [4.69, 9.17) is 0 Å². The molecule has 0 aromatic heterocycles. The largest absolute Gasteiger partial charge is 0.481 e. The Morgan fingerprint density at radius 2 is 2.14 bits per heavy atom. The molecule has 0 bridgehead atoms. The lowest BCUT2D eigenvalue weighted by Gasteiger charge is -2.39. The first-order chi connectivity index (χ1) is 10.1. The molecule has 0 saturated carbocycles. The quantitative estimate of drug-likeness (QED) is 0.864. The SMILES string of the molecule is CCC1(C(=O)O)CCN(c2cccc(SC)c2C#N)CC1. The molecule has 2 rings (SSSR count). The van der Waals surface area contributed by atoms with Crippen LogP contribution in [0.25, 0.3) is 0 Å². The number of piperidine rings is 1. The molecule has 0 spiro atoms. The van der Waals surface area contributed by atoms with Gasteiger partial charge in [0, 0.05) is 18.0 Å². The zero-order valence-electron chi connectivity index (χ0n) is 12.4. The average molecular weight is 304 g/mol. The van der Waals surface area contributed by atoms with Crippen molar-refractivity contribution in [1.82, 2.24) is 0 Å². The third-order valence-corrected chi connectivity index (χ3v) is 5.31. The molecule has 4 nitrogen and oxygen atoms in total. The van der Waals surface area contributed by atoms with Crippen molar-refractivity contribution in [1.29, 1.82) is 5.26 Å². The molecule has 1 aliphatic heterocycles. The minimum atomic E-state index is -0.692. The van der Waals surface area contributed by atoms with Gasteiger partial charge in [0.25, 0.3) is 0 Å². The Labute approximate surface area is 129 Å². The minimum absolute atomic E-state index is 0.597. The highest BCUT2D eigenvalue weighted by atomic mass is 32.2. The zero-order chi connectivity index (χ0) is 15.5. The number of carboxylic acids is 1. The predicted molar refractivity (Wildman–Crippen MR) is 84.7 cm³/mol. The summed E-state index contributed by atoms with van der Waals surface area (Å²) in [7, 11) is 0. The van der Waals surface area contributed by atoms with Gasteiger partial charge in [-0.15, -0.1) is 11.8 Å². The van der Waals surface area contributed by atoms with E-state index in [1.165, 1.54) is 0 Å². The number of thioether (sulfide) groups is 1. The Bertz CT molecular complexity index is 572. The molecule has 1 saturated heterocycles. The summed E-state index contributed by atoms with van der Waals surface area (Å²) in [5.41, 5.74) is 1.03. The van der Waals surface area contributed by atoms with Gasteiger partial charge in [0.15, 0.2) is 0 Å². The molecular formula is C16H20N2O2S. The summed E-state index contributed by atoms with van der Waals surface area (Å²) in [5, 5.41) is 18.9. The van der Waals surface area contributed by atoms with E-state index in [9.17, 15) is 15.2 Å². The maximum atomic E-state index is 11.5. The van der Waals surface area contributed by atoms with Gasteiger partial charge in [-0.05, 0) is 37.7 Å². The van der Waals surface area contributed by atoms with E-state index in [2.05, 4.69) is 11.0 Å². The van der Waals surface area contributed by atoms with Crippen LogP contribution in [0.2, 0.25) is 0 Å². The van der Waals surface area contributed by atoms with Gasteiger partial charge < -0.3 is 10.0 Å². The van der Waals surface area contributed by atoms with Crippen molar-refractivity contribution >= 4 is 23.4 Å². The summed E-state index contributed by atoms with van der Waals surface area (Å²) in [5.74, 6) is -0.692. The summed E-state index contributed by atoms with van der Waals surface area (Å²) in [6, 6.07) is 8.16. The van der Waals surface area contributed by atoms with Crippen molar-refractivity contribution in [3.05, 3.63) is 23.8 Å². The molecule has 1 aromatic carbocycles. The normalized spacial score (nSPS) is 17.3. The van der Waals surface area contributed by atoms with Crippen molar-refractivity contribution in [2.24, 2.45) is 5.41 Å². The molecule has 0 aliphatic carbocycles. The second kappa shape index (κ2) is 6.40. The Hall–Kier alpha value is -1.67. The number of carbonyl (C=O) groups is 1. The summed E-state index contributed by atoms with van der Waals surface area (Å²) >= 11 is 1.56. The lowest BCUT2D eigenvalue weighted by atomic mass is 9.76. The van der Waals surface area contributed by atoms with Crippen molar-refractivity contribution in [3.8, 4) is 6.07 Å². The van der Waals surface area contributed by atoms with Crippen molar-refractivity contribution < 1.29 is 9.90 Å².